The van der Waals surface area contributed by atoms with Crippen molar-refractivity contribution in [2.24, 2.45) is 0 Å². The zero-order chi connectivity index (χ0) is 13.3. The van der Waals surface area contributed by atoms with Crippen molar-refractivity contribution >= 4 is 5.97 Å². The van der Waals surface area contributed by atoms with Crippen LogP contribution in [0.4, 0.5) is 0 Å². The molecule has 0 bridgehead atoms. The first kappa shape index (κ1) is 13.1. The smallest absolute Gasteiger partial charge is 0.317 e. The van der Waals surface area contributed by atoms with E-state index in [4.69, 9.17) is 5.11 Å². The van der Waals surface area contributed by atoms with Gasteiger partial charge in [0.1, 0.15) is 0 Å². The highest BCUT2D eigenvalue weighted by molar-refractivity contribution is 5.69. The van der Waals surface area contributed by atoms with E-state index in [1.165, 1.54) is 16.7 Å². The fourth-order valence-corrected chi connectivity index (χ4v) is 2.70. The lowest BCUT2D eigenvalue weighted by Gasteiger charge is -2.32. The van der Waals surface area contributed by atoms with Crippen molar-refractivity contribution in [3.8, 4) is 0 Å². The average Bonchev–Trinajstić information content (AvgIpc) is 2.25. The second kappa shape index (κ2) is 4.73. The highest BCUT2D eigenvalue weighted by Crippen LogP contribution is 2.31. The van der Waals surface area contributed by atoms with Crippen LogP contribution in [0.2, 0.25) is 0 Å². The third-order valence-electron chi connectivity index (χ3n) is 3.51. The molecule has 1 aromatic carbocycles. The second-order valence-electron chi connectivity index (χ2n) is 6.05. The van der Waals surface area contributed by atoms with E-state index in [-0.39, 0.29) is 12.0 Å². The maximum absolute atomic E-state index is 10.8. The summed E-state index contributed by atoms with van der Waals surface area (Å²) in [7, 11) is 0. The molecular weight excluding hydrogens is 226 g/mol. The van der Waals surface area contributed by atoms with E-state index in [1.54, 1.807) is 0 Å². The Kier molecular flexibility index (Phi) is 3.44. The second-order valence-corrected chi connectivity index (χ2v) is 6.05. The molecule has 0 spiro atoms. The minimum atomic E-state index is -0.745. The van der Waals surface area contributed by atoms with Crippen molar-refractivity contribution in [2.75, 3.05) is 13.1 Å². The summed E-state index contributed by atoms with van der Waals surface area (Å²) in [5, 5.41) is 8.86. The zero-order valence-corrected chi connectivity index (χ0v) is 11.4. The van der Waals surface area contributed by atoms with Crippen LogP contribution >= 0.6 is 0 Å². The third kappa shape index (κ3) is 2.72. The van der Waals surface area contributed by atoms with E-state index < -0.39 is 5.97 Å². The van der Waals surface area contributed by atoms with E-state index >= 15 is 0 Å². The van der Waals surface area contributed by atoms with Crippen LogP contribution < -0.4 is 0 Å². The molecule has 0 saturated heterocycles. The molecule has 1 N–H and O–H groups in total. The Balaban J connectivity index is 2.27. The molecule has 3 nitrogen and oxygen atoms in total. The molecule has 1 aliphatic rings. The van der Waals surface area contributed by atoms with Gasteiger partial charge in [-0.25, -0.2) is 0 Å². The zero-order valence-electron chi connectivity index (χ0n) is 11.4. The predicted molar refractivity (Wildman–Crippen MR) is 71.8 cm³/mol. The molecule has 3 heteroatoms. The number of carbonyl (C=O) groups is 1. The Labute approximate surface area is 108 Å². The molecule has 0 amide bonds. The molecule has 0 aliphatic carbocycles. The van der Waals surface area contributed by atoms with Crippen molar-refractivity contribution in [3.05, 3.63) is 34.9 Å². The number of carboxylic acid groups (broad SMARTS) is 1. The molecule has 0 aromatic heterocycles. The quantitative estimate of drug-likeness (QED) is 0.872. The predicted octanol–water partition coefficient (Wildman–Crippen LogP) is 2.43. The Morgan fingerprint density at radius 3 is 2.72 bits per heavy atom. The van der Waals surface area contributed by atoms with Gasteiger partial charge in [-0.15, -0.1) is 0 Å². The molecule has 98 valence electrons. The molecule has 1 aliphatic heterocycles. The van der Waals surface area contributed by atoms with E-state index in [0.29, 0.717) is 0 Å². The van der Waals surface area contributed by atoms with Gasteiger partial charge in [-0.1, -0.05) is 39.0 Å². The summed E-state index contributed by atoms with van der Waals surface area (Å²) in [5.74, 6) is -0.745. The molecule has 0 atom stereocenters. The summed E-state index contributed by atoms with van der Waals surface area (Å²) in [5.41, 5.74) is 4.26. The summed E-state index contributed by atoms with van der Waals surface area (Å²) in [4.78, 5) is 12.8. The van der Waals surface area contributed by atoms with Crippen molar-refractivity contribution in [2.45, 2.75) is 39.2 Å². The molecule has 0 unspecified atom stereocenters. The van der Waals surface area contributed by atoms with Crippen LogP contribution in [0.15, 0.2) is 18.2 Å². The first-order chi connectivity index (χ1) is 8.38. The van der Waals surface area contributed by atoms with Crippen molar-refractivity contribution in [3.63, 3.8) is 0 Å². The third-order valence-corrected chi connectivity index (χ3v) is 3.51. The molecule has 0 radical (unpaired) electrons. The summed E-state index contributed by atoms with van der Waals surface area (Å²) in [6, 6.07) is 6.41. The SMILES string of the molecule is CC(C)(C)c1cccc2c1CCN(CC(=O)O)C2. The van der Waals surface area contributed by atoms with Crippen LogP contribution in [0.3, 0.4) is 0 Å². The maximum Gasteiger partial charge on any atom is 0.317 e. The van der Waals surface area contributed by atoms with Crippen LogP contribution in [0.25, 0.3) is 0 Å². The first-order valence-corrected chi connectivity index (χ1v) is 6.43. The number of benzene rings is 1. The fourth-order valence-electron chi connectivity index (χ4n) is 2.70. The van der Waals surface area contributed by atoms with Crippen LogP contribution in [0.1, 0.15) is 37.5 Å². The average molecular weight is 247 g/mol. The molecule has 1 heterocycles. The lowest BCUT2D eigenvalue weighted by Crippen LogP contribution is -2.35. The normalized spacial score (nSPS) is 16.4. The van der Waals surface area contributed by atoms with Gasteiger partial charge in [0, 0.05) is 13.1 Å². The highest BCUT2D eigenvalue weighted by atomic mass is 16.4. The number of hydrogen-bond acceptors (Lipinski definition) is 2. The summed E-state index contributed by atoms with van der Waals surface area (Å²) < 4.78 is 0. The molecule has 0 fully saturated rings. The van der Waals surface area contributed by atoms with Gasteiger partial charge in [0.2, 0.25) is 0 Å². The minimum absolute atomic E-state index is 0.138. The van der Waals surface area contributed by atoms with Crippen molar-refractivity contribution in [1.29, 1.82) is 0 Å². The van der Waals surface area contributed by atoms with Gasteiger partial charge in [-0.3, -0.25) is 9.69 Å². The minimum Gasteiger partial charge on any atom is -0.480 e. The largest absolute Gasteiger partial charge is 0.480 e. The number of nitrogens with zero attached hydrogens (tertiary/aromatic N) is 1. The Bertz CT molecular complexity index is 460. The Morgan fingerprint density at radius 1 is 1.39 bits per heavy atom. The van der Waals surface area contributed by atoms with Crippen LogP contribution in [0, 0.1) is 0 Å². The van der Waals surface area contributed by atoms with Gasteiger partial charge in [0.15, 0.2) is 0 Å². The molecule has 2 rings (SSSR count). The Morgan fingerprint density at radius 2 is 2.11 bits per heavy atom. The van der Waals surface area contributed by atoms with E-state index in [0.717, 1.165) is 19.5 Å². The Hall–Kier alpha value is -1.35. The molecule has 18 heavy (non-hydrogen) atoms. The maximum atomic E-state index is 10.8. The monoisotopic (exact) mass is 247 g/mol. The summed E-state index contributed by atoms with van der Waals surface area (Å²) in [6.07, 6.45) is 0.954. The van der Waals surface area contributed by atoms with E-state index in [2.05, 4.69) is 39.0 Å². The van der Waals surface area contributed by atoms with E-state index in [9.17, 15) is 4.79 Å². The summed E-state index contributed by atoms with van der Waals surface area (Å²) in [6.45, 7) is 8.42. The van der Waals surface area contributed by atoms with Gasteiger partial charge >= 0.3 is 5.97 Å². The topological polar surface area (TPSA) is 40.5 Å². The van der Waals surface area contributed by atoms with Gasteiger partial charge in [-0.05, 0) is 28.5 Å². The number of hydrogen-bond donors (Lipinski definition) is 1. The van der Waals surface area contributed by atoms with Crippen LogP contribution in [0.5, 0.6) is 0 Å². The molecule has 0 saturated carbocycles. The van der Waals surface area contributed by atoms with Gasteiger partial charge in [0.25, 0.3) is 0 Å². The van der Waals surface area contributed by atoms with Crippen molar-refractivity contribution in [1.82, 2.24) is 4.90 Å². The highest BCUT2D eigenvalue weighted by Gasteiger charge is 2.24. The summed E-state index contributed by atoms with van der Waals surface area (Å²) >= 11 is 0. The number of fused-ring (bicyclic) bond motifs is 1. The van der Waals surface area contributed by atoms with E-state index in [1.807, 2.05) is 4.90 Å². The number of rotatable bonds is 2. The van der Waals surface area contributed by atoms with Gasteiger partial charge < -0.3 is 5.11 Å². The van der Waals surface area contributed by atoms with Crippen LogP contribution in [-0.2, 0) is 23.2 Å². The fraction of sp³-hybridized carbons (Fsp3) is 0.533. The lowest BCUT2D eigenvalue weighted by molar-refractivity contribution is -0.138. The first-order valence-electron chi connectivity index (χ1n) is 6.43. The number of carboxylic acids is 1. The van der Waals surface area contributed by atoms with Gasteiger partial charge in [0.05, 0.1) is 6.54 Å². The van der Waals surface area contributed by atoms with Gasteiger partial charge in [-0.2, -0.15) is 0 Å². The van der Waals surface area contributed by atoms with Crippen LogP contribution in [-0.4, -0.2) is 29.1 Å². The lowest BCUT2D eigenvalue weighted by atomic mass is 9.80. The van der Waals surface area contributed by atoms with Crippen molar-refractivity contribution < 1.29 is 9.90 Å². The number of aliphatic carboxylic acids is 1. The molecule has 1 aromatic rings. The standard InChI is InChI=1S/C15H21NO2/c1-15(2,3)13-6-4-5-11-9-16(10-14(17)18)8-7-12(11)13/h4-6H,7-10H2,1-3H3,(H,17,18). The molecular formula is C15H21NO2.